The maximum absolute atomic E-state index is 12.7. The molecule has 5 heteroatoms. The summed E-state index contributed by atoms with van der Waals surface area (Å²) in [4.78, 5) is 14.4. The molecular weight excluding hydrogens is 279 g/mol. The van der Waals surface area contributed by atoms with E-state index in [0.29, 0.717) is 25.1 Å². The fourth-order valence-electron chi connectivity index (χ4n) is 2.94. The van der Waals surface area contributed by atoms with Gasteiger partial charge in [-0.1, -0.05) is 37.3 Å². The van der Waals surface area contributed by atoms with E-state index >= 15 is 0 Å². The van der Waals surface area contributed by atoms with Crippen LogP contribution in [0.1, 0.15) is 36.5 Å². The molecule has 0 aliphatic carbocycles. The maximum atomic E-state index is 12.7. The van der Waals surface area contributed by atoms with E-state index in [2.05, 4.69) is 0 Å². The predicted octanol–water partition coefficient (Wildman–Crippen LogP) is 3.92. The average molecular weight is 299 g/mol. The van der Waals surface area contributed by atoms with E-state index in [0.717, 1.165) is 0 Å². The largest absolute Gasteiger partial charge is 0.391 e. The van der Waals surface area contributed by atoms with Crippen molar-refractivity contribution in [3.05, 3.63) is 35.9 Å². The number of hydrogen-bond acceptors (Lipinski definition) is 2. The van der Waals surface area contributed by atoms with Gasteiger partial charge in [0.25, 0.3) is 0 Å². The third-order valence-electron chi connectivity index (χ3n) is 4.18. The highest BCUT2D eigenvalue weighted by molar-refractivity contribution is 6.00. The van der Waals surface area contributed by atoms with Crippen molar-refractivity contribution >= 4 is 5.78 Å². The monoisotopic (exact) mass is 299 g/mol. The second-order valence-electron chi connectivity index (χ2n) is 5.51. The number of carbonyl (C=O) groups excluding carboxylic acids is 1. The predicted molar refractivity (Wildman–Crippen MR) is 75.2 cm³/mol. The minimum Gasteiger partial charge on any atom is -0.293 e. The average Bonchev–Trinajstić information content (AvgIpc) is 2.48. The van der Waals surface area contributed by atoms with Crippen molar-refractivity contribution in [3.8, 4) is 0 Å². The number of rotatable bonds is 4. The van der Waals surface area contributed by atoms with Crippen LogP contribution in [0, 0.1) is 5.92 Å². The molecule has 0 amide bonds. The molecule has 2 rings (SSSR count). The van der Waals surface area contributed by atoms with E-state index in [1.807, 2.05) is 17.9 Å². The van der Waals surface area contributed by atoms with Gasteiger partial charge >= 0.3 is 6.18 Å². The summed E-state index contributed by atoms with van der Waals surface area (Å²) in [5.74, 6) is -1.22. The molecule has 0 N–H and O–H groups in total. The highest BCUT2D eigenvalue weighted by atomic mass is 19.4. The molecule has 1 saturated heterocycles. The smallest absolute Gasteiger partial charge is 0.293 e. The summed E-state index contributed by atoms with van der Waals surface area (Å²) in [5, 5.41) is 0. The zero-order valence-corrected chi connectivity index (χ0v) is 12.1. The van der Waals surface area contributed by atoms with Gasteiger partial charge in [0.05, 0.1) is 12.0 Å². The second-order valence-corrected chi connectivity index (χ2v) is 5.51. The van der Waals surface area contributed by atoms with Crippen molar-refractivity contribution in [2.24, 2.45) is 5.92 Å². The standard InChI is InChI=1S/C16H20F3NO/c1-2-14(15(21)12-6-4-3-5-7-12)20-10-8-13(9-11-20)16(17,18)19/h3-7,13-14H,2,8-11H2,1H3. The highest BCUT2D eigenvalue weighted by Crippen LogP contribution is 2.35. The fourth-order valence-corrected chi connectivity index (χ4v) is 2.94. The third kappa shape index (κ3) is 3.84. The van der Waals surface area contributed by atoms with Crippen LogP contribution in [0.2, 0.25) is 0 Å². The van der Waals surface area contributed by atoms with Gasteiger partial charge in [-0.05, 0) is 32.4 Å². The lowest BCUT2D eigenvalue weighted by atomic mass is 9.92. The molecule has 0 radical (unpaired) electrons. The van der Waals surface area contributed by atoms with Crippen LogP contribution < -0.4 is 0 Å². The first-order valence-corrected chi connectivity index (χ1v) is 7.33. The summed E-state index contributed by atoms with van der Waals surface area (Å²) in [5.41, 5.74) is 0.627. The van der Waals surface area contributed by atoms with Crippen LogP contribution in [-0.2, 0) is 0 Å². The molecule has 1 atom stereocenters. The van der Waals surface area contributed by atoms with Gasteiger partial charge in [-0.3, -0.25) is 9.69 Å². The number of piperidine rings is 1. The molecule has 1 aliphatic rings. The van der Waals surface area contributed by atoms with E-state index < -0.39 is 12.1 Å². The Bertz CT molecular complexity index is 464. The Kier molecular flexibility index (Phi) is 5.04. The maximum Gasteiger partial charge on any atom is 0.391 e. The summed E-state index contributed by atoms with van der Waals surface area (Å²) < 4.78 is 38.1. The van der Waals surface area contributed by atoms with E-state index in [9.17, 15) is 18.0 Å². The molecule has 0 spiro atoms. The molecule has 1 aliphatic heterocycles. The van der Waals surface area contributed by atoms with Gasteiger partial charge in [0, 0.05) is 5.56 Å². The molecule has 116 valence electrons. The Balaban J connectivity index is 2.02. The van der Waals surface area contributed by atoms with Crippen LogP contribution in [-0.4, -0.2) is 36.0 Å². The minimum absolute atomic E-state index is 0.00330. The van der Waals surface area contributed by atoms with Gasteiger partial charge in [-0.25, -0.2) is 0 Å². The van der Waals surface area contributed by atoms with Gasteiger partial charge in [0.2, 0.25) is 0 Å². The number of likely N-dealkylation sites (tertiary alicyclic amines) is 1. The Hall–Kier alpha value is -1.36. The number of alkyl halides is 3. The number of carbonyl (C=O) groups is 1. The van der Waals surface area contributed by atoms with Gasteiger partial charge in [0.1, 0.15) is 0 Å². The normalized spacial score (nSPS) is 19.4. The van der Waals surface area contributed by atoms with Crippen LogP contribution in [0.4, 0.5) is 13.2 Å². The van der Waals surface area contributed by atoms with Gasteiger partial charge in [0.15, 0.2) is 5.78 Å². The third-order valence-corrected chi connectivity index (χ3v) is 4.18. The summed E-state index contributed by atoms with van der Waals surface area (Å²) in [6, 6.07) is 8.64. The van der Waals surface area contributed by atoms with Crippen molar-refractivity contribution in [1.82, 2.24) is 4.90 Å². The lowest BCUT2D eigenvalue weighted by Crippen LogP contribution is -2.47. The lowest BCUT2D eigenvalue weighted by Gasteiger charge is -2.37. The van der Waals surface area contributed by atoms with Crippen molar-refractivity contribution in [2.45, 2.75) is 38.4 Å². The Morgan fingerprint density at radius 2 is 1.81 bits per heavy atom. The SMILES string of the molecule is CCC(C(=O)c1ccccc1)N1CCC(C(F)(F)F)CC1. The Morgan fingerprint density at radius 3 is 2.29 bits per heavy atom. The van der Waals surface area contributed by atoms with Crippen LogP contribution in [0.3, 0.4) is 0 Å². The van der Waals surface area contributed by atoms with Gasteiger partial charge < -0.3 is 0 Å². The first kappa shape index (κ1) is 16.0. The zero-order valence-electron chi connectivity index (χ0n) is 12.1. The summed E-state index contributed by atoms with van der Waals surface area (Å²) in [6.45, 7) is 2.57. The molecule has 1 aromatic rings. The molecule has 0 aromatic heterocycles. The van der Waals surface area contributed by atoms with Crippen LogP contribution in [0.15, 0.2) is 30.3 Å². The van der Waals surface area contributed by atoms with Crippen molar-refractivity contribution < 1.29 is 18.0 Å². The molecule has 21 heavy (non-hydrogen) atoms. The molecule has 2 nitrogen and oxygen atoms in total. The first-order chi connectivity index (χ1) is 9.93. The molecule has 1 heterocycles. The fraction of sp³-hybridized carbons (Fsp3) is 0.562. The van der Waals surface area contributed by atoms with Crippen molar-refractivity contribution in [1.29, 1.82) is 0 Å². The molecular formula is C16H20F3NO. The molecule has 1 fully saturated rings. The van der Waals surface area contributed by atoms with E-state index in [4.69, 9.17) is 0 Å². The Morgan fingerprint density at radius 1 is 1.24 bits per heavy atom. The van der Waals surface area contributed by atoms with Crippen LogP contribution in [0.5, 0.6) is 0 Å². The van der Waals surface area contributed by atoms with Crippen LogP contribution >= 0.6 is 0 Å². The lowest BCUT2D eigenvalue weighted by molar-refractivity contribution is -0.185. The number of Topliss-reactive ketones (excluding diaryl/α,β-unsaturated/α-hetero) is 1. The number of benzene rings is 1. The Labute approximate surface area is 122 Å². The number of ketones is 1. The van der Waals surface area contributed by atoms with Crippen LogP contribution in [0.25, 0.3) is 0 Å². The summed E-state index contributed by atoms with van der Waals surface area (Å²) in [6.07, 6.45) is -3.33. The molecule has 0 saturated carbocycles. The zero-order chi connectivity index (χ0) is 15.5. The summed E-state index contributed by atoms with van der Waals surface area (Å²) >= 11 is 0. The molecule has 1 aromatic carbocycles. The van der Waals surface area contributed by atoms with Gasteiger partial charge in [-0.2, -0.15) is 13.2 Å². The second kappa shape index (κ2) is 6.60. The highest BCUT2D eigenvalue weighted by Gasteiger charge is 2.42. The quantitative estimate of drug-likeness (QED) is 0.785. The van der Waals surface area contributed by atoms with E-state index in [-0.39, 0.29) is 24.7 Å². The number of hydrogen-bond donors (Lipinski definition) is 0. The van der Waals surface area contributed by atoms with Crippen molar-refractivity contribution in [2.75, 3.05) is 13.1 Å². The number of halogens is 3. The first-order valence-electron chi connectivity index (χ1n) is 7.33. The number of nitrogens with zero attached hydrogens (tertiary/aromatic N) is 1. The van der Waals surface area contributed by atoms with E-state index in [1.54, 1.807) is 24.3 Å². The van der Waals surface area contributed by atoms with Gasteiger partial charge in [-0.15, -0.1) is 0 Å². The molecule has 0 bridgehead atoms. The van der Waals surface area contributed by atoms with E-state index in [1.165, 1.54) is 0 Å². The summed E-state index contributed by atoms with van der Waals surface area (Å²) in [7, 11) is 0. The van der Waals surface area contributed by atoms with Crippen molar-refractivity contribution in [3.63, 3.8) is 0 Å². The molecule has 1 unspecified atom stereocenters. The topological polar surface area (TPSA) is 20.3 Å². The minimum atomic E-state index is -4.11.